The standard InChI is InChI=1S/C15H23N3O2/c1-4-5-13(15(16)18-20)17-14(19)9-12-7-6-10(2)11(3)8-12/h6-8,13,20H,4-5,9H2,1-3H3,(H2,16,18)(H,17,19). The zero-order valence-corrected chi connectivity index (χ0v) is 12.3. The van der Waals surface area contributed by atoms with Crippen LogP contribution in [0.3, 0.4) is 0 Å². The average Bonchev–Trinajstić information content (AvgIpc) is 2.41. The molecule has 0 aromatic heterocycles. The second-order valence-corrected chi connectivity index (χ2v) is 5.03. The minimum absolute atomic E-state index is 0.0419. The van der Waals surface area contributed by atoms with E-state index in [2.05, 4.69) is 10.5 Å². The van der Waals surface area contributed by atoms with Gasteiger partial charge in [-0.3, -0.25) is 4.79 Å². The van der Waals surface area contributed by atoms with Gasteiger partial charge in [-0.2, -0.15) is 0 Å². The van der Waals surface area contributed by atoms with E-state index >= 15 is 0 Å². The van der Waals surface area contributed by atoms with Crippen molar-refractivity contribution >= 4 is 11.7 Å². The molecular formula is C15H23N3O2. The summed E-state index contributed by atoms with van der Waals surface area (Å²) >= 11 is 0. The van der Waals surface area contributed by atoms with Crippen LogP contribution in [0.1, 0.15) is 36.5 Å². The first-order valence-electron chi connectivity index (χ1n) is 6.80. The van der Waals surface area contributed by atoms with Crippen molar-refractivity contribution in [3.05, 3.63) is 34.9 Å². The third kappa shape index (κ3) is 4.57. The maximum absolute atomic E-state index is 12.0. The van der Waals surface area contributed by atoms with Crippen LogP contribution in [0.15, 0.2) is 23.4 Å². The maximum Gasteiger partial charge on any atom is 0.225 e. The number of amides is 1. The number of carbonyl (C=O) groups excluding carboxylic acids is 1. The highest BCUT2D eigenvalue weighted by molar-refractivity contribution is 5.90. The molecule has 1 amide bonds. The molecule has 0 saturated heterocycles. The summed E-state index contributed by atoms with van der Waals surface area (Å²) in [6.45, 7) is 6.04. The lowest BCUT2D eigenvalue weighted by Crippen LogP contribution is -2.45. The predicted molar refractivity (Wildman–Crippen MR) is 79.9 cm³/mol. The number of nitrogens with one attached hydrogen (secondary N) is 1. The second kappa shape index (κ2) is 7.53. The summed E-state index contributed by atoms with van der Waals surface area (Å²) in [5.74, 6) is -0.0846. The largest absolute Gasteiger partial charge is 0.409 e. The molecule has 0 radical (unpaired) electrons. The number of oxime groups is 1. The van der Waals surface area contributed by atoms with Crippen molar-refractivity contribution in [2.24, 2.45) is 10.9 Å². The Morgan fingerprint density at radius 1 is 1.40 bits per heavy atom. The van der Waals surface area contributed by atoms with Crippen LogP contribution in [-0.4, -0.2) is 23.0 Å². The van der Waals surface area contributed by atoms with Gasteiger partial charge in [-0.15, -0.1) is 0 Å². The van der Waals surface area contributed by atoms with E-state index in [1.807, 2.05) is 39.0 Å². The lowest BCUT2D eigenvalue weighted by molar-refractivity contribution is -0.120. The smallest absolute Gasteiger partial charge is 0.225 e. The van der Waals surface area contributed by atoms with Gasteiger partial charge in [0.2, 0.25) is 5.91 Å². The fourth-order valence-corrected chi connectivity index (χ4v) is 2.00. The van der Waals surface area contributed by atoms with Gasteiger partial charge in [-0.05, 0) is 37.0 Å². The van der Waals surface area contributed by atoms with Gasteiger partial charge in [0.25, 0.3) is 0 Å². The topological polar surface area (TPSA) is 87.7 Å². The van der Waals surface area contributed by atoms with Crippen LogP contribution in [0.4, 0.5) is 0 Å². The Morgan fingerprint density at radius 3 is 2.65 bits per heavy atom. The number of carbonyl (C=O) groups is 1. The van der Waals surface area contributed by atoms with Crippen LogP contribution >= 0.6 is 0 Å². The molecule has 0 spiro atoms. The number of rotatable bonds is 6. The Morgan fingerprint density at radius 2 is 2.10 bits per heavy atom. The van der Waals surface area contributed by atoms with Gasteiger partial charge in [0.1, 0.15) is 0 Å². The molecule has 0 aliphatic heterocycles. The van der Waals surface area contributed by atoms with Gasteiger partial charge < -0.3 is 16.3 Å². The molecule has 0 bridgehead atoms. The summed E-state index contributed by atoms with van der Waals surface area (Å²) < 4.78 is 0. The minimum Gasteiger partial charge on any atom is -0.409 e. The summed E-state index contributed by atoms with van der Waals surface area (Å²) in [5, 5.41) is 14.5. The van der Waals surface area contributed by atoms with Crippen LogP contribution in [0, 0.1) is 13.8 Å². The highest BCUT2D eigenvalue weighted by atomic mass is 16.4. The third-order valence-corrected chi connectivity index (χ3v) is 3.32. The van der Waals surface area contributed by atoms with E-state index in [1.54, 1.807) is 0 Å². The van der Waals surface area contributed by atoms with E-state index in [0.717, 1.165) is 17.5 Å². The molecule has 4 N–H and O–H groups in total. The number of aryl methyl sites for hydroxylation is 2. The van der Waals surface area contributed by atoms with Crippen molar-refractivity contribution in [2.45, 2.75) is 46.1 Å². The summed E-state index contributed by atoms with van der Waals surface area (Å²) in [4.78, 5) is 12.0. The highest BCUT2D eigenvalue weighted by Crippen LogP contribution is 2.10. The number of benzene rings is 1. The minimum atomic E-state index is -0.413. The van der Waals surface area contributed by atoms with E-state index < -0.39 is 6.04 Å². The fourth-order valence-electron chi connectivity index (χ4n) is 2.00. The van der Waals surface area contributed by atoms with Crippen molar-refractivity contribution < 1.29 is 10.0 Å². The van der Waals surface area contributed by atoms with E-state index in [0.29, 0.717) is 12.8 Å². The second-order valence-electron chi connectivity index (χ2n) is 5.03. The van der Waals surface area contributed by atoms with Gasteiger partial charge in [-0.25, -0.2) is 0 Å². The van der Waals surface area contributed by atoms with Crippen molar-refractivity contribution in [1.29, 1.82) is 0 Å². The molecule has 0 fully saturated rings. The molecule has 1 unspecified atom stereocenters. The van der Waals surface area contributed by atoms with Gasteiger partial charge in [0.15, 0.2) is 5.84 Å². The summed E-state index contributed by atoms with van der Waals surface area (Å²) in [6, 6.07) is 5.54. The molecular weight excluding hydrogens is 254 g/mol. The molecule has 20 heavy (non-hydrogen) atoms. The monoisotopic (exact) mass is 277 g/mol. The number of nitrogens with two attached hydrogens (primary N) is 1. The van der Waals surface area contributed by atoms with Crippen LogP contribution in [-0.2, 0) is 11.2 Å². The summed E-state index contributed by atoms with van der Waals surface area (Å²) in [6.07, 6.45) is 1.78. The molecule has 110 valence electrons. The SMILES string of the molecule is CCCC(NC(=O)Cc1ccc(C)c(C)c1)C(N)=NO. The van der Waals surface area contributed by atoms with Gasteiger partial charge in [0.05, 0.1) is 12.5 Å². The van der Waals surface area contributed by atoms with Crippen molar-refractivity contribution in [1.82, 2.24) is 5.32 Å². The molecule has 5 heteroatoms. The molecule has 0 aliphatic rings. The van der Waals surface area contributed by atoms with Gasteiger partial charge in [0, 0.05) is 0 Å². The molecule has 5 nitrogen and oxygen atoms in total. The Labute approximate surface area is 119 Å². The molecule has 1 aromatic rings. The predicted octanol–water partition coefficient (Wildman–Crippen LogP) is 1.88. The number of hydrogen-bond donors (Lipinski definition) is 3. The molecule has 0 heterocycles. The first-order chi connectivity index (χ1) is 9.47. The number of amidine groups is 1. The average molecular weight is 277 g/mol. The van der Waals surface area contributed by atoms with Crippen molar-refractivity contribution in [2.75, 3.05) is 0 Å². The number of hydrogen-bond acceptors (Lipinski definition) is 3. The quantitative estimate of drug-likeness (QED) is 0.321. The van der Waals surface area contributed by atoms with Crippen LogP contribution in [0.2, 0.25) is 0 Å². The Kier molecular flexibility index (Phi) is 6.03. The Hall–Kier alpha value is -2.04. The lowest BCUT2D eigenvalue weighted by Gasteiger charge is -2.16. The zero-order valence-electron chi connectivity index (χ0n) is 12.3. The molecule has 1 aromatic carbocycles. The maximum atomic E-state index is 12.0. The number of nitrogens with zero attached hydrogens (tertiary/aromatic N) is 1. The first-order valence-corrected chi connectivity index (χ1v) is 6.80. The first kappa shape index (κ1) is 16.0. The zero-order chi connectivity index (χ0) is 15.1. The van der Waals surface area contributed by atoms with Crippen LogP contribution in [0.5, 0.6) is 0 Å². The van der Waals surface area contributed by atoms with Gasteiger partial charge in [-0.1, -0.05) is 36.7 Å². The Balaban J connectivity index is 2.67. The van der Waals surface area contributed by atoms with Crippen molar-refractivity contribution in [3.8, 4) is 0 Å². The van der Waals surface area contributed by atoms with E-state index in [-0.39, 0.29) is 11.7 Å². The molecule has 0 saturated carbocycles. The fraction of sp³-hybridized carbons (Fsp3) is 0.467. The van der Waals surface area contributed by atoms with Crippen molar-refractivity contribution in [3.63, 3.8) is 0 Å². The van der Waals surface area contributed by atoms with Crippen LogP contribution in [0.25, 0.3) is 0 Å². The Bertz CT molecular complexity index is 498. The normalized spacial score (nSPS) is 13.1. The van der Waals surface area contributed by atoms with Gasteiger partial charge >= 0.3 is 0 Å². The lowest BCUT2D eigenvalue weighted by atomic mass is 10.0. The molecule has 1 rings (SSSR count). The van der Waals surface area contributed by atoms with Crippen LogP contribution < -0.4 is 11.1 Å². The summed E-state index contributed by atoms with van der Waals surface area (Å²) in [7, 11) is 0. The van der Waals surface area contributed by atoms with E-state index in [4.69, 9.17) is 10.9 Å². The third-order valence-electron chi connectivity index (χ3n) is 3.32. The van der Waals surface area contributed by atoms with E-state index in [1.165, 1.54) is 5.56 Å². The summed E-state index contributed by atoms with van der Waals surface area (Å²) in [5.41, 5.74) is 8.90. The molecule has 0 aliphatic carbocycles. The van der Waals surface area contributed by atoms with E-state index in [9.17, 15) is 4.79 Å². The molecule has 1 atom stereocenters. The highest BCUT2D eigenvalue weighted by Gasteiger charge is 2.16.